The van der Waals surface area contributed by atoms with Crippen LogP contribution in [0.5, 0.6) is 5.75 Å². The molecule has 0 aliphatic carbocycles. The van der Waals surface area contributed by atoms with Crippen LogP contribution < -0.4 is 9.84 Å². The maximum atomic E-state index is 12.1. The molecule has 1 aliphatic rings. The van der Waals surface area contributed by atoms with Gasteiger partial charge in [-0.2, -0.15) is 0 Å². The Bertz CT molecular complexity index is 955. The molecule has 1 heterocycles. The number of benzene rings is 2. The molecule has 3 rings (SSSR count). The molecule has 0 unspecified atom stereocenters. The summed E-state index contributed by atoms with van der Waals surface area (Å²) in [6, 6.07) is 11.5. The number of carbonyl (C=O) groups is 3. The van der Waals surface area contributed by atoms with Gasteiger partial charge in [-0.15, -0.1) is 0 Å². The van der Waals surface area contributed by atoms with Gasteiger partial charge in [-0.1, -0.05) is 40.2 Å². The van der Waals surface area contributed by atoms with Crippen LogP contribution >= 0.6 is 27.7 Å². The van der Waals surface area contributed by atoms with Crippen LogP contribution in [0, 0.1) is 0 Å². The van der Waals surface area contributed by atoms with Crippen LogP contribution in [0.2, 0.25) is 0 Å². The summed E-state index contributed by atoms with van der Waals surface area (Å²) in [6.45, 7) is 0.213. The lowest BCUT2D eigenvalue weighted by atomic mass is 10.1. The number of likely N-dealkylation sites (N-methyl/N-ethyl adjacent to an activating group) is 1. The summed E-state index contributed by atoms with van der Waals surface area (Å²) >= 11 is 4.26. The van der Waals surface area contributed by atoms with E-state index in [0.717, 1.165) is 26.7 Å². The first-order chi connectivity index (χ1) is 12.8. The van der Waals surface area contributed by atoms with Gasteiger partial charge in [0, 0.05) is 17.1 Å². The van der Waals surface area contributed by atoms with E-state index in [4.69, 9.17) is 4.74 Å². The molecule has 1 fully saturated rings. The topological polar surface area (TPSA) is 86.7 Å². The number of amides is 2. The van der Waals surface area contributed by atoms with Gasteiger partial charge in [0.1, 0.15) is 12.4 Å². The van der Waals surface area contributed by atoms with Crippen LogP contribution in [-0.2, 0) is 11.4 Å². The Kier molecular flexibility index (Phi) is 5.67. The molecule has 27 heavy (non-hydrogen) atoms. The van der Waals surface area contributed by atoms with Crippen molar-refractivity contribution >= 4 is 50.9 Å². The molecule has 2 aromatic rings. The van der Waals surface area contributed by atoms with E-state index in [0.29, 0.717) is 16.2 Å². The second-order valence-electron chi connectivity index (χ2n) is 5.70. The highest BCUT2D eigenvalue weighted by Crippen LogP contribution is 2.34. The monoisotopic (exact) mass is 446 g/mol. The van der Waals surface area contributed by atoms with Gasteiger partial charge in [0.2, 0.25) is 0 Å². The molecule has 2 aromatic carbocycles. The fraction of sp³-hybridized carbons (Fsp3) is 0.105. The number of nitrogens with zero attached hydrogens (tertiary/aromatic N) is 1. The van der Waals surface area contributed by atoms with Crippen molar-refractivity contribution in [3.8, 4) is 5.75 Å². The Morgan fingerprint density at radius 2 is 1.93 bits per heavy atom. The zero-order valence-corrected chi connectivity index (χ0v) is 16.5. The molecule has 1 aliphatic heterocycles. The second kappa shape index (κ2) is 7.98. The number of rotatable bonds is 5. The SMILES string of the molecule is CN1C(=O)S/C(=C/c2cc(Br)ccc2OCc2ccc(C(=O)[O-])cc2)C1=O. The number of carboxylic acids is 1. The number of halogens is 1. The second-order valence-corrected chi connectivity index (χ2v) is 7.60. The molecule has 1 saturated heterocycles. The molecule has 6 nitrogen and oxygen atoms in total. The van der Waals surface area contributed by atoms with Crippen molar-refractivity contribution < 1.29 is 24.2 Å². The number of carbonyl (C=O) groups excluding carboxylic acids is 3. The van der Waals surface area contributed by atoms with Gasteiger partial charge in [0.05, 0.1) is 10.9 Å². The first-order valence-electron chi connectivity index (χ1n) is 7.79. The van der Waals surface area contributed by atoms with Gasteiger partial charge in [-0.05, 0) is 47.2 Å². The average molecular weight is 447 g/mol. The van der Waals surface area contributed by atoms with Gasteiger partial charge in [0.25, 0.3) is 11.1 Å². The normalized spacial score (nSPS) is 15.5. The molecule has 0 spiro atoms. The zero-order chi connectivity index (χ0) is 19.6. The Balaban J connectivity index is 1.81. The van der Waals surface area contributed by atoms with Crippen LogP contribution in [0.3, 0.4) is 0 Å². The van der Waals surface area contributed by atoms with Crippen molar-refractivity contribution in [1.82, 2.24) is 4.90 Å². The molecule has 0 atom stereocenters. The Morgan fingerprint density at radius 3 is 2.52 bits per heavy atom. The number of aromatic carboxylic acids is 1. The lowest BCUT2D eigenvalue weighted by Gasteiger charge is -2.11. The molecule has 0 aromatic heterocycles. The van der Waals surface area contributed by atoms with Crippen molar-refractivity contribution in [3.05, 3.63) is 68.5 Å². The van der Waals surface area contributed by atoms with Crippen LogP contribution in [0.4, 0.5) is 4.79 Å². The number of carboxylic acid groups (broad SMARTS) is 1. The molecule has 0 saturated carbocycles. The van der Waals surface area contributed by atoms with E-state index in [9.17, 15) is 19.5 Å². The van der Waals surface area contributed by atoms with E-state index in [1.165, 1.54) is 19.2 Å². The highest BCUT2D eigenvalue weighted by atomic mass is 79.9. The van der Waals surface area contributed by atoms with Crippen molar-refractivity contribution in [2.24, 2.45) is 0 Å². The summed E-state index contributed by atoms with van der Waals surface area (Å²) in [4.78, 5) is 35.9. The van der Waals surface area contributed by atoms with Gasteiger partial charge < -0.3 is 14.6 Å². The van der Waals surface area contributed by atoms with E-state index in [1.807, 2.05) is 0 Å². The lowest BCUT2D eigenvalue weighted by Crippen LogP contribution is -2.22. The summed E-state index contributed by atoms with van der Waals surface area (Å²) in [5.74, 6) is -1.05. The quantitative estimate of drug-likeness (QED) is 0.655. The summed E-state index contributed by atoms with van der Waals surface area (Å²) in [5.41, 5.74) is 1.52. The highest BCUT2D eigenvalue weighted by molar-refractivity contribution is 9.10. The third-order valence-electron chi connectivity index (χ3n) is 3.83. The largest absolute Gasteiger partial charge is 0.545 e. The molecule has 0 bridgehead atoms. The minimum atomic E-state index is -1.23. The average Bonchev–Trinajstić information content (AvgIpc) is 2.88. The van der Waals surface area contributed by atoms with E-state index < -0.39 is 5.97 Å². The summed E-state index contributed by atoms with van der Waals surface area (Å²) in [6.07, 6.45) is 1.62. The van der Waals surface area contributed by atoms with Crippen LogP contribution in [-0.4, -0.2) is 29.1 Å². The third-order valence-corrected chi connectivity index (χ3v) is 5.28. The smallest absolute Gasteiger partial charge is 0.293 e. The highest BCUT2D eigenvalue weighted by Gasteiger charge is 2.32. The number of ether oxygens (including phenoxy) is 1. The molecule has 0 radical (unpaired) electrons. The third kappa shape index (κ3) is 4.40. The van der Waals surface area contributed by atoms with E-state index >= 15 is 0 Å². The maximum absolute atomic E-state index is 12.1. The maximum Gasteiger partial charge on any atom is 0.293 e. The Morgan fingerprint density at radius 1 is 1.22 bits per heavy atom. The number of hydrogen-bond acceptors (Lipinski definition) is 6. The van der Waals surface area contributed by atoms with Crippen molar-refractivity contribution in [2.45, 2.75) is 6.61 Å². The molecule has 0 N–H and O–H groups in total. The molecule has 138 valence electrons. The summed E-state index contributed by atoms with van der Waals surface area (Å²) in [7, 11) is 1.44. The summed E-state index contributed by atoms with van der Waals surface area (Å²) < 4.78 is 6.63. The van der Waals surface area contributed by atoms with Crippen molar-refractivity contribution in [3.63, 3.8) is 0 Å². The molecular weight excluding hydrogens is 434 g/mol. The van der Waals surface area contributed by atoms with E-state index in [2.05, 4.69) is 15.9 Å². The van der Waals surface area contributed by atoms with Crippen LogP contribution in [0.1, 0.15) is 21.5 Å². The van der Waals surface area contributed by atoms with Crippen LogP contribution in [0.15, 0.2) is 51.8 Å². The zero-order valence-electron chi connectivity index (χ0n) is 14.1. The van der Waals surface area contributed by atoms with Gasteiger partial charge in [0.15, 0.2) is 0 Å². The predicted octanol–water partition coefficient (Wildman–Crippen LogP) is 3.06. The minimum Gasteiger partial charge on any atom is -0.545 e. The predicted molar refractivity (Wildman–Crippen MR) is 103 cm³/mol. The fourth-order valence-corrected chi connectivity index (χ4v) is 3.55. The van der Waals surface area contributed by atoms with Crippen molar-refractivity contribution in [2.75, 3.05) is 7.05 Å². The van der Waals surface area contributed by atoms with Gasteiger partial charge in [-0.25, -0.2) is 0 Å². The lowest BCUT2D eigenvalue weighted by molar-refractivity contribution is -0.255. The van der Waals surface area contributed by atoms with Crippen LogP contribution in [0.25, 0.3) is 6.08 Å². The molecule has 2 amide bonds. The number of thioether (sulfide) groups is 1. The van der Waals surface area contributed by atoms with Gasteiger partial charge in [-0.3, -0.25) is 14.5 Å². The number of imide groups is 1. The van der Waals surface area contributed by atoms with Gasteiger partial charge >= 0.3 is 0 Å². The molecular formula is C19H13BrNO5S-. The Labute approximate surface area is 167 Å². The Hall–Kier alpha value is -2.58. The standard InChI is InChI=1S/C19H14BrNO5S/c1-21-17(22)16(27-19(21)25)9-13-8-14(20)6-7-15(13)26-10-11-2-4-12(5-3-11)18(23)24/h2-9H,10H2,1H3,(H,23,24)/p-1/b16-9+. The van der Waals surface area contributed by atoms with Crippen molar-refractivity contribution in [1.29, 1.82) is 0 Å². The summed E-state index contributed by atoms with van der Waals surface area (Å²) in [5, 5.41) is 10.5. The van der Waals surface area contributed by atoms with E-state index in [-0.39, 0.29) is 23.3 Å². The molecule has 8 heteroatoms. The first kappa shape index (κ1) is 19.2. The first-order valence-corrected chi connectivity index (χ1v) is 9.40. The fourth-order valence-electron chi connectivity index (χ4n) is 2.35. The minimum absolute atomic E-state index is 0.0957. The van der Waals surface area contributed by atoms with E-state index in [1.54, 1.807) is 36.4 Å². The number of hydrogen-bond donors (Lipinski definition) is 0.